The highest BCUT2D eigenvalue weighted by Crippen LogP contribution is 2.43. The number of rotatable bonds is 6. The minimum atomic E-state index is -0.772. The van der Waals surface area contributed by atoms with Crippen LogP contribution in [0.1, 0.15) is 60.9 Å². The molecule has 2 fully saturated rings. The standard InChI is InChI=1S/C26H33ClFN5O2/c1-17-14-22(35)24-23(17)25(30-16-29-24)31-10-12-33(13-11-31)26(32-8-6-20(28)7-9-32)21(15-34)18-2-4-19(27)5-3-18/h2-5,15-17,20-22,26,35H,6-14H2,1H3/t17-,21?,22-,26?/m1/s1. The van der Waals surface area contributed by atoms with Gasteiger partial charge in [-0.25, -0.2) is 14.4 Å². The van der Waals surface area contributed by atoms with Crippen molar-refractivity contribution in [2.45, 2.75) is 56.5 Å². The number of aliphatic hydroxyl groups excluding tert-OH is 1. The molecule has 3 aliphatic rings. The third-order valence-corrected chi connectivity index (χ3v) is 8.07. The number of fused-ring (bicyclic) bond motifs is 1. The Morgan fingerprint density at radius 3 is 2.37 bits per heavy atom. The second-order valence-corrected chi connectivity index (χ2v) is 10.4. The molecule has 0 spiro atoms. The van der Waals surface area contributed by atoms with Crippen LogP contribution in [0.2, 0.25) is 5.02 Å². The minimum Gasteiger partial charge on any atom is -0.387 e. The van der Waals surface area contributed by atoms with Gasteiger partial charge in [0.2, 0.25) is 0 Å². The van der Waals surface area contributed by atoms with Crippen LogP contribution in [0.15, 0.2) is 30.6 Å². The third-order valence-electron chi connectivity index (χ3n) is 7.82. The Labute approximate surface area is 210 Å². The van der Waals surface area contributed by atoms with E-state index in [-0.39, 0.29) is 18.0 Å². The van der Waals surface area contributed by atoms with Gasteiger partial charge in [0.15, 0.2) is 0 Å². The molecule has 2 saturated heterocycles. The van der Waals surface area contributed by atoms with E-state index in [1.807, 2.05) is 24.3 Å². The monoisotopic (exact) mass is 501 g/mol. The Morgan fingerprint density at radius 1 is 1.06 bits per heavy atom. The largest absolute Gasteiger partial charge is 0.387 e. The lowest BCUT2D eigenvalue weighted by atomic mass is 9.93. The van der Waals surface area contributed by atoms with Crippen molar-refractivity contribution in [1.82, 2.24) is 19.8 Å². The molecule has 5 rings (SSSR count). The van der Waals surface area contributed by atoms with Gasteiger partial charge < -0.3 is 14.8 Å². The van der Waals surface area contributed by atoms with Crippen LogP contribution < -0.4 is 4.90 Å². The van der Waals surface area contributed by atoms with Crippen molar-refractivity contribution < 1.29 is 14.3 Å². The SMILES string of the molecule is C[C@@H]1C[C@@H](O)c2ncnc(N3CCN(C(C(C=O)c4ccc(Cl)cc4)N4CCC(F)CC4)CC3)c21. The first kappa shape index (κ1) is 24.6. The van der Waals surface area contributed by atoms with Gasteiger partial charge in [0.05, 0.1) is 23.9 Å². The maximum Gasteiger partial charge on any atom is 0.135 e. The lowest BCUT2D eigenvalue weighted by Gasteiger charge is -2.47. The molecule has 1 aromatic heterocycles. The number of likely N-dealkylation sites (tertiary alicyclic amines) is 1. The van der Waals surface area contributed by atoms with Crippen molar-refractivity contribution >= 4 is 23.7 Å². The second kappa shape index (κ2) is 10.5. The zero-order valence-corrected chi connectivity index (χ0v) is 20.8. The van der Waals surface area contributed by atoms with Crippen molar-refractivity contribution in [3.63, 3.8) is 0 Å². The molecule has 35 heavy (non-hydrogen) atoms. The van der Waals surface area contributed by atoms with Crippen LogP contribution in [0.3, 0.4) is 0 Å². The summed E-state index contributed by atoms with van der Waals surface area (Å²) in [5.74, 6) is 0.778. The van der Waals surface area contributed by atoms with Gasteiger partial charge in [0.25, 0.3) is 0 Å². The van der Waals surface area contributed by atoms with E-state index >= 15 is 0 Å². The molecule has 1 aromatic carbocycles. The Bertz CT molecular complexity index is 1020. The number of piperidine rings is 1. The van der Waals surface area contributed by atoms with Crippen LogP contribution in [0.25, 0.3) is 0 Å². The van der Waals surface area contributed by atoms with Crippen LogP contribution in [-0.4, -0.2) is 82.8 Å². The lowest BCUT2D eigenvalue weighted by molar-refractivity contribution is -0.113. The zero-order valence-electron chi connectivity index (χ0n) is 20.1. The van der Waals surface area contributed by atoms with E-state index in [4.69, 9.17) is 11.6 Å². The Balaban J connectivity index is 1.37. The first-order valence-electron chi connectivity index (χ1n) is 12.6. The number of carbonyl (C=O) groups excluding carboxylic acids is 1. The maximum absolute atomic E-state index is 14.0. The van der Waals surface area contributed by atoms with E-state index in [9.17, 15) is 14.3 Å². The summed E-state index contributed by atoms with van der Waals surface area (Å²) in [6, 6.07) is 7.48. The summed E-state index contributed by atoms with van der Waals surface area (Å²) in [5, 5.41) is 11.0. The molecule has 2 unspecified atom stereocenters. The summed E-state index contributed by atoms with van der Waals surface area (Å²) >= 11 is 6.10. The molecule has 1 aliphatic carbocycles. The normalized spacial score (nSPS) is 25.9. The fourth-order valence-electron chi connectivity index (χ4n) is 5.98. The fourth-order valence-corrected chi connectivity index (χ4v) is 6.10. The quantitative estimate of drug-likeness (QED) is 0.607. The average molecular weight is 502 g/mol. The number of halogens is 2. The Hall–Kier alpha value is -2.13. The van der Waals surface area contributed by atoms with Crippen molar-refractivity contribution in [2.24, 2.45) is 0 Å². The maximum atomic E-state index is 14.0. The molecule has 4 atom stereocenters. The summed E-state index contributed by atoms with van der Waals surface area (Å²) < 4.78 is 14.0. The van der Waals surface area contributed by atoms with Gasteiger partial charge in [0, 0.05) is 49.9 Å². The Morgan fingerprint density at radius 2 is 1.71 bits per heavy atom. The highest BCUT2D eigenvalue weighted by molar-refractivity contribution is 6.30. The molecule has 0 radical (unpaired) electrons. The predicted molar refractivity (Wildman–Crippen MR) is 134 cm³/mol. The zero-order chi connectivity index (χ0) is 24.5. The summed E-state index contributed by atoms with van der Waals surface area (Å²) in [7, 11) is 0. The van der Waals surface area contributed by atoms with Gasteiger partial charge in [-0.1, -0.05) is 30.7 Å². The topological polar surface area (TPSA) is 72.8 Å². The highest BCUT2D eigenvalue weighted by atomic mass is 35.5. The number of benzene rings is 1. The summed E-state index contributed by atoms with van der Waals surface area (Å²) in [6.07, 6.45) is 2.81. The molecule has 0 amide bonds. The van der Waals surface area contributed by atoms with Crippen LogP contribution in [0, 0.1) is 0 Å². The predicted octanol–water partition coefficient (Wildman–Crippen LogP) is 3.54. The number of aromatic nitrogens is 2. The lowest BCUT2D eigenvalue weighted by Crippen LogP contribution is -2.59. The summed E-state index contributed by atoms with van der Waals surface area (Å²) in [6.45, 7) is 6.42. The fraction of sp³-hybridized carbons (Fsp3) is 0.577. The number of aliphatic hydroxyl groups is 1. The number of anilines is 1. The number of alkyl halides is 1. The van der Waals surface area contributed by atoms with Gasteiger partial charge in [0.1, 0.15) is 24.6 Å². The van der Waals surface area contributed by atoms with Crippen LogP contribution in [-0.2, 0) is 4.79 Å². The molecule has 2 aliphatic heterocycles. The van der Waals surface area contributed by atoms with Crippen molar-refractivity contribution in [2.75, 3.05) is 44.2 Å². The van der Waals surface area contributed by atoms with Crippen molar-refractivity contribution in [1.29, 1.82) is 0 Å². The number of nitrogens with zero attached hydrogens (tertiary/aromatic N) is 5. The van der Waals surface area contributed by atoms with E-state index in [1.165, 1.54) is 0 Å². The molecule has 0 bridgehead atoms. The average Bonchev–Trinajstić information content (AvgIpc) is 3.17. The molecular formula is C26H33ClFN5O2. The van der Waals surface area contributed by atoms with E-state index < -0.39 is 12.3 Å². The summed E-state index contributed by atoms with van der Waals surface area (Å²) in [4.78, 5) is 28.3. The van der Waals surface area contributed by atoms with Crippen LogP contribution >= 0.6 is 11.6 Å². The smallest absolute Gasteiger partial charge is 0.135 e. The number of hydrogen-bond acceptors (Lipinski definition) is 7. The first-order chi connectivity index (χ1) is 17.0. The van der Waals surface area contributed by atoms with Crippen LogP contribution in [0.4, 0.5) is 10.2 Å². The van der Waals surface area contributed by atoms with Crippen molar-refractivity contribution in [3.8, 4) is 0 Å². The van der Waals surface area contributed by atoms with E-state index in [2.05, 4.69) is 31.6 Å². The van der Waals surface area contributed by atoms with Gasteiger partial charge >= 0.3 is 0 Å². The third kappa shape index (κ3) is 4.94. The molecule has 9 heteroatoms. The van der Waals surface area contributed by atoms with E-state index in [1.54, 1.807) is 6.33 Å². The molecular weight excluding hydrogens is 469 g/mol. The second-order valence-electron chi connectivity index (χ2n) is 10.0. The minimum absolute atomic E-state index is 0.139. The highest BCUT2D eigenvalue weighted by Gasteiger charge is 2.39. The van der Waals surface area contributed by atoms with E-state index in [0.717, 1.165) is 55.1 Å². The van der Waals surface area contributed by atoms with Crippen molar-refractivity contribution in [3.05, 3.63) is 52.4 Å². The Kier molecular flexibility index (Phi) is 7.34. The molecule has 7 nitrogen and oxygen atoms in total. The first-order valence-corrected chi connectivity index (χ1v) is 12.9. The number of hydrogen-bond donors (Lipinski definition) is 1. The molecule has 1 N–H and O–H groups in total. The molecule has 3 heterocycles. The molecule has 2 aromatic rings. The van der Waals surface area contributed by atoms with Crippen LogP contribution in [0.5, 0.6) is 0 Å². The van der Waals surface area contributed by atoms with Gasteiger partial charge in [-0.2, -0.15) is 0 Å². The number of aldehydes is 1. The van der Waals surface area contributed by atoms with Gasteiger partial charge in [-0.3, -0.25) is 9.80 Å². The molecule has 188 valence electrons. The van der Waals surface area contributed by atoms with E-state index in [0.29, 0.717) is 37.4 Å². The number of piperazine rings is 1. The van der Waals surface area contributed by atoms with Gasteiger partial charge in [-0.05, 0) is 42.9 Å². The molecule has 0 saturated carbocycles. The van der Waals surface area contributed by atoms with Gasteiger partial charge in [-0.15, -0.1) is 0 Å². The summed E-state index contributed by atoms with van der Waals surface area (Å²) in [5.41, 5.74) is 2.73. The number of carbonyl (C=O) groups is 1.